The minimum absolute atomic E-state index is 0.382. The van der Waals surface area contributed by atoms with Crippen molar-refractivity contribution >= 4 is 39.6 Å². The van der Waals surface area contributed by atoms with E-state index in [0.29, 0.717) is 22.3 Å². The monoisotopic (exact) mass is 332 g/mol. The first-order valence-corrected chi connectivity index (χ1v) is 7.37. The molecule has 18 heavy (non-hydrogen) atoms. The van der Waals surface area contributed by atoms with E-state index in [-0.39, 0.29) is 0 Å². The summed E-state index contributed by atoms with van der Waals surface area (Å²) in [6, 6.07) is 2.22. The number of nitrogens with zero attached hydrogens (tertiary/aromatic N) is 1. The maximum absolute atomic E-state index is 11.8. The summed E-state index contributed by atoms with van der Waals surface area (Å²) in [4.78, 5) is 26.7. The van der Waals surface area contributed by atoms with Crippen LogP contribution in [-0.2, 0) is 4.79 Å². The van der Waals surface area contributed by atoms with E-state index in [1.54, 1.807) is 17.8 Å². The molecule has 0 aliphatic rings. The zero-order valence-electron chi connectivity index (χ0n) is 9.72. The molecule has 1 atom stereocenters. The number of carbonyl (C=O) groups excluding carboxylic acids is 1. The number of nitrogens with one attached hydrogen (secondary N) is 1. The molecule has 0 radical (unpaired) electrons. The van der Waals surface area contributed by atoms with Crippen LogP contribution in [0.4, 0.5) is 0 Å². The van der Waals surface area contributed by atoms with Crippen LogP contribution in [0.3, 0.4) is 0 Å². The van der Waals surface area contributed by atoms with E-state index in [2.05, 4.69) is 26.2 Å². The molecule has 0 aliphatic carbocycles. The van der Waals surface area contributed by atoms with Crippen molar-refractivity contribution in [3.8, 4) is 0 Å². The lowest BCUT2D eigenvalue weighted by Crippen LogP contribution is -2.41. The highest BCUT2D eigenvalue weighted by Gasteiger charge is 2.20. The van der Waals surface area contributed by atoms with Crippen LogP contribution in [0.5, 0.6) is 0 Å². The third kappa shape index (κ3) is 4.66. The smallest absolute Gasteiger partial charge is 0.326 e. The van der Waals surface area contributed by atoms with Gasteiger partial charge in [-0.3, -0.25) is 4.79 Å². The van der Waals surface area contributed by atoms with Gasteiger partial charge in [0.25, 0.3) is 5.91 Å². The lowest BCUT2D eigenvalue weighted by Gasteiger charge is -2.13. The third-order valence-electron chi connectivity index (χ3n) is 2.20. The number of carboxylic acid groups (broad SMARTS) is 1. The number of carboxylic acids is 1. The van der Waals surface area contributed by atoms with Gasteiger partial charge in [0.15, 0.2) is 0 Å². The van der Waals surface area contributed by atoms with Crippen LogP contribution in [0.15, 0.2) is 22.9 Å². The first kappa shape index (κ1) is 15.0. The maximum Gasteiger partial charge on any atom is 0.326 e. The summed E-state index contributed by atoms with van der Waals surface area (Å²) in [6.45, 7) is 0. The average molecular weight is 333 g/mol. The summed E-state index contributed by atoms with van der Waals surface area (Å²) in [5, 5.41) is 11.5. The van der Waals surface area contributed by atoms with Crippen LogP contribution in [0.25, 0.3) is 0 Å². The summed E-state index contributed by atoms with van der Waals surface area (Å²) in [5.74, 6) is -0.755. The van der Waals surface area contributed by atoms with Crippen molar-refractivity contribution in [3.05, 3.63) is 28.5 Å². The molecule has 98 valence electrons. The molecule has 1 amide bonds. The number of pyridine rings is 1. The van der Waals surface area contributed by atoms with Gasteiger partial charge in [0.2, 0.25) is 0 Å². The number of hydrogen-bond donors (Lipinski definition) is 2. The Hall–Kier alpha value is -1.08. The van der Waals surface area contributed by atoms with E-state index in [0.717, 1.165) is 0 Å². The number of aromatic nitrogens is 1. The largest absolute Gasteiger partial charge is 0.480 e. The summed E-state index contributed by atoms with van der Waals surface area (Å²) in [5.41, 5.74) is 0.382. The molecule has 0 aromatic carbocycles. The summed E-state index contributed by atoms with van der Waals surface area (Å²) < 4.78 is 0.533. The first-order chi connectivity index (χ1) is 8.54. The summed E-state index contributed by atoms with van der Waals surface area (Å²) in [6.07, 6.45) is 3.77. The minimum Gasteiger partial charge on any atom is -0.480 e. The van der Waals surface area contributed by atoms with Crippen molar-refractivity contribution < 1.29 is 14.7 Å². The summed E-state index contributed by atoms with van der Waals surface area (Å²) >= 11 is 4.70. The van der Waals surface area contributed by atoms with Gasteiger partial charge in [-0.05, 0) is 46.5 Å². The molecule has 5 nitrogen and oxygen atoms in total. The number of amides is 1. The van der Waals surface area contributed by atoms with E-state index in [4.69, 9.17) is 5.11 Å². The molecular weight excluding hydrogens is 320 g/mol. The molecule has 0 saturated heterocycles. The van der Waals surface area contributed by atoms with E-state index >= 15 is 0 Å². The van der Waals surface area contributed by atoms with Gasteiger partial charge in [0, 0.05) is 11.8 Å². The van der Waals surface area contributed by atoms with Crippen LogP contribution in [0.1, 0.15) is 16.8 Å². The molecule has 0 aliphatic heterocycles. The Labute approximate surface area is 117 Å². The lowest BCUT2D eigenvalue weighted by atomic mass is 10.2. The normalized spacial score (nSPS) is 11.9. The molecule has 0 spiro atoms. The van der Waals surface area contributed by atoms with Gasteiger partial charge in [-0.25, -0.2) is 9.78 Å². The fourth-order valence-electron chi connectivity index (χ4n) is 1.28. The van der Waals surface area contributed by atoms with Crippen molar-refractivity contribution in [2.75, 3.05) is 12.0 Å². The van der Waals surface area contributed by atoms with Gasteiger partial charge in [-0.2, -0.15) is 11.8 Å². The summed E-state index contributed by atoms with van der Waals surface area (Å²) in [7, 11) is 0. The van der Waals surface area contributed by atoms with Gasteiger partial charge in [0.1, 0.15) is 10.6 Å². The molecule has 7 heteroatoms. The van der Waals surface area contributed by atoms with Crippen LogP contribution >= 0.6 is 27.7 Å². The van der Waals surface area contributed by atoms with E-state index in [1.807, 2.05) is 6.26 Å². The zero-order valence-corrected chi connectivity index (χ0v) is 12.1. The van der Waals surface area contributed by atoms with Gasteiger partial charge in [-0.1, -0.05) is 0 Å². The molecule has 1 heterocycles. The Morgan fingerprint density at radius 1 is 1.61 bits per heavy atom. The number of thioether (sulfide) groups is 1. The first-order valence-electron chi connectivity index (χ1n) is 5.18. The average Bonchev–Trinajstić information content (AvgIpc) is 2.33. The van der Waals surface area contributed by atoms with Crippen molar-refractivity contribution in [2.45, 2.75) is 12.5 Å². The molecule has 2 N–H and O–H groups in total. The van der Waals surface area contributed by atoms with Crippen LogP contribution in [0.2, 0.25) is 0 Å². The molecule has 0 fully saturated rings. The highest BCUT2D eigenvalue weighted by atomic mass is 79.9. The predicted molar refractivity (Wildman–Crippen MR) is 73.8 cm³/mol. The van der Waals surface area contributed by atoms with Crippen molar-refractivity contribution in [2.24, 2.45) is 0 Å². The minimum atomic E-state index is -1.02. The Bertz CT molecular complexity index is 442. The van der Waals surface area contributed by atoms with Crippen LogP contribution in [0, 0.1) is 0 Å². The van der Waals surface area contributed by atoms with Crippen LogP contribution < -0.4 is 5.32 Å². The third-order valence-corrected chi connectivity index (χ3v) is 3.28. The van der Waals surface area contributed by atoms with Crippen molar-refractivity contribution in [1.82, 2.24) is 10.3 Å². The Morgan fingerprint density at radius 2 is 2.33 bits per heavy atom. The molecular formula is C11H13BrN2O3S. The standard InChI is InChI=1S/C11H13BrN2O3S/c1-18-5-3-8(11(16)17)14-10(15)7-2-4-13-9(12)6-7/h2,4,6,8H,3,5H2,1H3,(H,14,15)(H,16,17)/t8-/m0/s1. The molecule has 0 saturated carbocycles. The van der Waals surface area contributed by atoms with Gasteiger partial charge >= 0.3 is 5.97 Å². The van der Waals surface area contributed by atoms with Crippen molar-refractivity contribution in [3.63, 3.8) is 0 Å². The Balaban J connectivity index is 2.69. The van der Waals surface area contributed by atoms with Gasteiger partial charge in [0.05, 0.1) is 0 Å². The fourth-order valence-corrected chi connectivity index (χ4v) is 2.11. The molecule has 1 aromatic heterocycles. The van der Waals surface area contributed by atoms with Gasteiger partial charge in [-0.15, -0.1) is 0 Å². The van der Waals surface area contributed by atoms with E-state index in [1.165, 1.54) is 12.3 Å². The number of halogens is 1. The van der Waals surface area contributed by atoms with Crippen molar-refractivity contribution in [1.29, 1.82) is 0 Å². The van der Waals surface area contributed by atoms with E-state index in [9.17, 15) is 9.59 Å². The second kappa shape index (κ2) is 7.38. The Morgan fingerprint density at radius 3 is 2.89 bits per heavy atom. The number of aliphatic carboxylic acids is 1. The lowest BCUT2D eigenvalue weighted by molar-refractivity contribution is -0.139. The second-order valence-corrected chi connectivity index (χ2v) is 5.31. The highest BCUT2D eigenvalue weighted by molar-refractivity contribution is 9.10. The molecule has 1 aromatic rings. The van der Waals surface area contributed by atoms with Gasteiger partial charge < -0.3 is 10.4 Å². The molecule has 0 unspecified atom stereocenters. The number of hydrogen-bond acceptors (Lipinski definition) is 4. The zero-order chi connectivity index (χ0) is 13.5. The Kier molecular flexibility index (Phi) is 6.14. The number of rotatable bonds is 6. The highest BCUT2D eigenvalue weighted by Crippen LogP contribution is 2.09. The number of carbonyl (C=O) groups is 2. The molecule has 0 bridgehead atoms. The molecule has 1 rings (SSSR count). The SMILES string of the molecule is CSCC[C@H](NC(=O)c1ccnc(Br)c1)C(=O)O. The second-order valence-electron chi connectivity index (χ2n) is 3.51. The topological polar surface area (TPSA) is 79.3 Å². The maximum atomic E-state index is 11.8. The predicted octanol–water partition coefficient (Wildman–Crippen LogP) is 1.78. The van der Waals surface area contributed by atoms with Crippen LogP contribution in [-0.4, -0.2) is 40.0 Å². The fraction of sp³-hybridized carbons (Fsp3) is 0.364. The quantitative estimate of drug-likeness (QED) is 0.776. The van der Waals surface area contributed by atoms with E-state index < -0.39 is 17.9 Å².